The van der Waals surface area contributed by atoms with Crippen molar-refractivity contribution in [2.24, 2.45) is 0 Å². The van der Waals surface area contributed by atoms with Gasteiger partial charge in [0, 0.05) is 46.1 Å². The highest BCUT2D eigenvalue weighted by Gasteiger charge is 2.67. The molecule has 1 N–H and O–H groups in total. The van der Waals surface area contributed by atoms with Crippen molar-refractivity contribution in [1.29, 1.82) is 0 Å². The number of H-pyrrole nitrogens is 1. The molecule has 258 valence electrons. The van der Waals surface area contributed by atoms with Crippen LogP contribution in [0, 0.1) is 0 Å². The van der Waals surface area contributed by atoms with Gasteiger partial charge in [0.2, 0.25) is 0 Å². The lowest BCUT2D eigenvalue weighted by atomic mass is 9.45. The van der Waals surface area contributed by atoms with Crippen molar-refractivity contribution in [3.05, 3.63) is 212 Å². The summed E-state index contributed by atoms with van der Waals surface area (Å²) in [6, 6.07) is 46.5. The van der Waals surface area contributed by atoms with Gasteiger partial charge in [0.1, 0.15) is 15.0 Å². The first-order chi connectivity index (χ1) is 26.8. The first-order valence-electron chi connectivity index (χ1n) is 17.4. The third-order valence-corrected chi connectivity index (χ3v) is 12.9. The molecule has 0 saturated carbocycles. The highest BCUT2D eigenvalue weighted by molar-refractivity contribution is 7.19. The van der Waals surface area contributed by atoms with Gasteiger partial charge in [-0.15, -0.1) is 34.0 Å². The van der Waals surface area contributed by atoms with Crippen LogP contribution in [0.1, 0.15) is 43.1 Å². The van der Waals surface area contributed by atoms with Crippen LogP contribution in [0.3, 0.4) is 0 Å². The van der Waals surface area contributed by atoms with Gasteiger partial charge in [-0.1, -0.05) is 109 Å². The van der Waals surface area contributed by atoms with Crippen molar-refractivity contribution in [2.45, 2.75) is 10.8 Å². The van der Waals surface area contributed by atoms with E-state index in [2.05, 4.69) is 137 Å². The minimum absolute atomic E-state index is 0.716. The van der Waals surface area contributed by atoms with Crippen LogP contribution in [-0.4, -0.2) is 35.3 Å². The molecule has 10 rings (SSSR count). The van der Waals surface area contributed by atoms with Crippen molar-refractivity contribution in [2.75, 3.05) is 0 Å². The van der Waals surface area contributed by atoms with Crippen LogP contribution >= 0.6 is 34.0 Å². The Kier molecular flexibility index (Phi) is 8.01. The van der Waals surface area contributed by atoms with Crippen LogP contribution in [0.2, 0.25) is 0 Å². The Balaban J connectivity index is 1.58. The Morgan fingerprint density at radius 3 is 1.87 bits per heavy atom. The van der Waals surface area contributed by atoms with E-state index < -0.39 is 10.8 Å². The first kappa shape index (κ1) is 32.5. The van der Waals surface area contributed by atoms with Gasteiger partial charge in [-0.2, -0.15) is 15.4 Å². The molecule has 9 aromatic rings. The molecule has 1 aliphatic rings. The highest BCUT2D eigenvalue weighted by Crippen LogP contribution is 2.70. The molecule has 0 fully saturated rings. The summed E-state index contributed by atoms with van der Waals surface area (Å²) in [5.74, 6) is 0. The van der Waals surface area contributed by atoms with Crippen molar-refractivity contribution in [3.8, 4) is 0 Å². The van der Waals surface area contributed by atoms with E-state index in [0.717, 1.165) is 69.9 Å². The minimum Gasteiger partial charge on any atom is -0.257 e. The zero-order valence-corrected chi connectivity index (χ0v) is 31.0. The Morgan fingerprint density at radius 2 is 1.22 bits per heavy atom. The lowest BCUT2D eigenvalue weighted by Crippen LogP contribution is -2.55. The topological polar surface area (TPSA) is 93.1 Å². The molecular weight excluding hydrogens is 723 g/mol. The van der Waals surface area contributed by atoms with Gasteiger partial charge in [-0.25, -0.2) is 15.0 Å². The fourth-order valence-electron chi connectivity index (χ4n) is 8.28. The largest absolute Gasteiger partial charge is 0.257 e. The summed E-state index contributed by atoms with van der Waals surface area (Å²) in [6.45, 7) is 0. The van der Waals surface area contributed by atoms with Gasteiger partial charge in [0.25, 0.3) is 0 Å². The van der Waals surface area contributed by atoms with Gasteiger partial charge in [-0.3, -0.25) is 4.98 Å². The summed E-state index contributed by atoms with van der Waals surface area (Å²) in [7, 11) is 0. The molecule has 5 aromatic heterocycles. The number of aromatic amines is 1. The van der Waals surface area contributed by atoms with Crippen molar-refractivity contribution < 1.29 is 0 Å². The number of thiazole rings is 3. The molecule has 4 aromatic carbocycles. The Bertz CT molecular complexity index is 2710. The van der Waals surface area contributed by atoms with Crippen molar-refractivity contribution >= 4 is 66.5 Å². The molecule has 7 nitrogen and oxygen atoms in total. The lowest BCUT2D eigenvalue weighted by Gasteiger charge is -2.55. The number of nitrogens with one attached hydrogen (secondary N) is 1. The molecular formula is C44H29N7S3. The number of benzene rings is 4. The minimum atomic E-state index is -1.15. The van der Waals surface area contributed by atoms with E-state index in [0.29, 0.717) is 5.69 Å². The van der Waals surface area contributed by atoms with Gasteiger partial charge in [0.15, 0.2) is 0 Å². The second-order valence-electron chi connectivity index (χ2n) is 12.8. The second kappa shape index (κ2) is 13.3. The van der Waals surface area contributed by atoms with Crippen LogP contribution in [0.15, 0.2) is 169 Å². The molecule has 10 heteroatoms. The monoisotopic (exact) mass is 751 g/mol. The summed E-state index contributed by atoms with van der Waals surface area (Å²) in [4.78, 5) is 21.2. The predicted molar refractivity (Wildman–Crippen MR) is 219 cm³/mol. The Morgan fingerprint density at radius 1 is 0.537 bits per heavy atom. The first-order valence-corrected chi connectivity index (χ1v) is 20.0. The van der Waals surface area contributed by atoms with Crippen LogP contribution in [-0.2, 0) is 10.8 Å². The maximum atomic E-state index is 5.54. The zero-order valence-electron chi connectivity index (χ0n) is 28.6. The van der Waals surface area contributed by atoms with Crippen LogP contribution in [0.4, 0.5) is 0 Å². The fourth-order valence-corrected chi connectivity index (χ4v) is 11.0. The third kappa shape index (κ3) is 4.77. The number of hydrogen-bond donors (Lipinski definition) is 1. The van der Waals surface area contributed by atoms with Gasteiger partial charge < -0.3 is 0 Å². The van der Waals surface area contributed by atoms with E-state index in [1.807, 2.05) is 42.3 Å². The van der Waals surface area contributed by atoms with Crippen LogP contribution < -0.4 is 0 Å². The van der Waals surface area contributed by atoms with E-state index in [9.17, 15) is 0 Å². The molecule has 54 heavy (non-hydrogen) atoms. The predicted octanol–water partition coefficient (Wildman–Crippen LogP) is 10.2. The average Bonchev–Trinajstić information content (AvgIpc) is 4.10. The SMILES string of the molecule is c1ccc(C2=C(c3nc4ccccc4s3)C(c3ccccc3)(c3nccs3)C(c3ccccc3)(c3cn[nH]n3)C(c3ccccn3)=C2c2nccs2)cc1. The molecule has 0 radical (unpaired) electrons. The number of pyridine rings is 1. The summed E-state index contributed by atoms with van der Waals surface area (Å²) >= 11 is 4.94. The van der Waals surface area contributed by atoms with Crippen molar-refractivity contribution in [3.63, 3.8) is 0 Å². The second-order valence-corrected chi connectivity index (χ2v) is 15.6. The number of aromatic nitrogens is 7. The standard InChI is InChI=1S/C44H29N7S3/c1-4-14-29(15-5-1)36-37(40-46-24-26-52-40)38(33-21-12-13-23-45-33)43(35-28-48-51-50-35,30-16-6-2-7-17-30)44(42-47-25-27-53-42,31-18-8-3-9-19-31)39(36)41-49-32-20-10-11-22-34(32)54-41/h1-28H,(H,48,50,51). The third-order valence-electron chi connectivity index (χ3n) is 10.2. The molecule has 2 atom stereocenters. The molecule has 0 aliphatic heterocycles. The number of hydrogen-bond acceptors (Lipinski definition) is 9. The molecule has 0 saturated heterocycles. The summed E-state index contributed by atoms with van der Waals surface area (Å²) in [5, 5.41) is 19.4. The average molecular weight is 752 g/mol. The highest BCUT2D eigenvalue weighted by atomic mass is 32.1. The quantitative estimate of drug-likeness (QED) is 0.166. The Labute approximate surface area is 323 Å². The molecule has 2 unspecified atom stereocenters. The summed E-state index contributed by atoms with van der Waals surface area (Å²) in [6.07, 6.45) is 7.51. The molecule has 0 bridgehead atoms. The van der Waals surface area contributed by atoms with Crippen LogP contribution in [0.25, 0.3) is 32.5 Å². The number of fused-ring (bicyclic) bond motifs is 1. The summed E-state index contributed by atoms with van der Waals surface area (Å²) in [5.41, 5.74) is 7.17. The number of nitrogens with zero attached hydrogens (tertiary/aromatic N) is 6. The molecule has 0 amide bonds. The van der Waals surface area contributed by atoms with Crippen molar-refractivity contribution in [1.82, 2.24) is 35.3 Å². The normalized spacial score (nSPS) is 18.7. The summed E-state index contributed by atoms with van der Waals surface area (Å²) < 4.78 is 1.09. The molecule has 0 spiro atoms. The van der Waals surface area contributed by atoms with E-state index in [-0.39, 0.29) is 0 Å². The maximum absolute atomic E-state index is 5.54. The lowest BCUT2D eigenvalue weighted by molar-refractivity contribution is 0.460. The van der Waals surface area contributed by atoms with E-state index >= 15 is 0 Å². The maximum Gasteiger partial charge on any atom is 0.124 e. The van der Waals surface area contributed by atoms with E-state index in [1.54, 1.807) is 34.0 Å². The number of para-hydroxylation sites is 1. The molecule has 1 aliphatic carbocycles. The van der Waals surface area contributed by atoms with Crippen LogP contribution in [0.5, 0.6) is 0 Å². The molecule has 5 heterocycles. The van der Waals surface area contributed by atoms with E-state index in [1.165, 1.54) is 0 Å². The van der Waals surface area contributed by atoms with Gasteiger partial charge >= 0.3 is 0 Å². The van der Waals surface area contributed by atoms with Gasteiger partial charge in [0.05, 0.1) is 38.6 Å². The fraction of sp³-hybridized carbons (Fsp3) is 0.0455. The zero-order chi connectivity index (χ0) is 36.0. The number of rotatable bonds is 8. The number of allylic oxidation sites excluding steroid dienone is 4. The van der Waals surface area contributed by atoms with Gasteiger partial charge in [-0.05, 0) is 46.5 Å². The van der Waals surface area contributed by atoms with E-state index in [4.69, 9.17) is 25.0 Å². The smallest absolute Gasteiger partial charge is 0.124 e. The Hall–Kier alpha value is -6.20.